The number of imidazole rings is 1. The fourth-order valence-electron chi connectivity index (χ4n) is 6.02. The van der Waals surface area contributed by atoms with Gasteiger partial charge in [-0.05, 0) is 29.1 Å². The van der Waals surface area contributed by atoms with Gasteiger partial charge in [0.2, 0.25) is 11.2 Å². The number of benzene rings is 2. The van der Waals surface area contributed by atoms with Crippen molar-refractivity contribution in [3.8, 4) is 0 Å². The van der Waals surface area contributed by atoms with Crippen molar-refractivity contribution in [2.24, 2.45) is 11.3 Å². The predicted molar refractivity (Wildman–Crippen MR) is 139 cm³/mol. The fourth-order valence-corrected chi connectivity index (χ4v) is 6.18. The zero-order chi connectivity index (χ0) is 25.7. The molecule has 5 atom stereocenters. The van der Waals surface area contributed by atoms with E-state index in [-0.39, 0.29) is 23.0 Å². The first kappa shape index (κ1) is 23.8. The maximum atomic E-state index is 12.5. The molecule has 4 aromatic rings. The number of nitrogens with zero attached hydrogens (tertiary/aromatic N) is 4. The third kappa shape index (κ3) is 3.77. The molecule has 2 heterocycles. The van der Waals surface area contributed by atoms with E-state index in [0.29, 0.717) is 29.9 Å². The number of halogens is 1. The second-order valence-electron chi connectivity index (χ2n) is 9.78. The van der Waals surface area contributed by atoms with Crippen LogP contribution in [0.25, 0.3) is 11.2 Å². The van der Waals surface area contributed by atoms with E-state index in [4.69, 9.17) is 11.6 Å². The summed E-state index contributed by atoms with van der Waals surface area (Å²) in [7, 11) is 1.54. The number of nitrogens with one attached hydrogen (secondary N) is 2. The molecule has 2 fully saturated rings. The van der Waals surface area contributed by atoms with E-state index in [1.165, 1.54) is 7.05 Å². The second-order valence-corrected chi connectivity index (χ2v) is 10.1. The summed E-state index contributed by atoms with van der Waals surface area (Å²) in [6, 6.07) is 19.9. The molecular formula is C27H27ClN6O3. The van der Waals surface area contributed by atoms with Gasteiger partial charge in [0.05, 0.1) is 23.9 Å². The molecule has 37 heavy (non-hydrogen) atoms. The van der Waals surface area contributed by atoms with Crippen molar-refractivity contribution >= 4 is 34.5 Å². The van der Waals surface area contributed by atoms with Crippen LogP contribution >= 0.6 is 11.6 Å². The lowest BCUT2D eigenvalue weighted by molar-refractivity contribution is -0.132. The molecule has 9 nitrogen and oxygen atoms in total. The molecule has 2 aliphatic rings. The van der Waals surface area contributed by atoms with Gasteiger partial charge in [0.15, 0.2) is 17.0 Å². The van der Waals surface area contributed by atoms with Crippen LogP contribution in [0.15, 0.2) is 67.0 Å². The molecule has 6 rings (SSSR count). The molecule has 2 aromatic carbocycles. The number of hydrogen-bond acceptors (Lipinski definition) is 7. The van der Waals surface area contributed by atoms with Crippen LogP contribution in [0.5, 0.6) is 0 Å². The number of hydrogen-bond donors (Lipinski definition) is 4. The highest BCUT2D eigenvalue weighted by molar-refractivity contribution is 6.28. The summed E-state index contributed by atoms with van der Waals surface area (Å²) < 4.78 is 1.72. The summed E-state index contributed by atoms with van der Waals surface area (Å²) in [5, 5.41) is 27.7. The Hall–Kier alpha value is -3.53. The predicted octanol–water partition coefficient (Wildman–Crippen LogP) is 2.75. The number of rotatable bonds is 7. The average Bonchev–Trinajstić information content (AvgIpc) is 3.46. The van der Waals surface area contributed by atoms with Gasteiger partial charge in [0.25, 0.3) is 0 Å². The monoisotopic (exact) mass is 518 g/mol. The zero-order valence-electron chi connectivity index (χ0n) is 20.1. The quantitative estimate of drug-likeness (QED) is 0.277. The van der Waals surface area contributed by atoms with E-state index in [1.807, 2.05) is 36.4 Å². The third-order valence-electron chi connectivity index (χ3n) is 7.92. The normalized spacial score (nSPS) is 26.3. The van der Waals surface area contributed by atoms with E-state index in [2.05, 4.69) is 49.9 Å². The number of carbonyl (C=O) groups excluding carboxylic acids is 1. The largest absolute Gasteiger partial charge is 0.389 e. The molecule has 0 saturated heterocycles. The molecule has 190 valence electrons. The Labute approximate surface area is 218 Å². The van der Waals surface area contributed by atoms with Gasteiger partial charge < -0.3 is 25.4 Å². The topological polar surface area (TPSA) is 125 Å². The minimum absolute atomic E-state index is 0.0362. The molecule has 2 aromatic heterocycles. The van der Waals surface area contributed by atoms with Gasteiger partial charge in [0.1, 0.15) is 6.10 Å². The Morgan fingerprint density at radius 1 is 1.11 bits per heavy atom. The third-order valence-corrected chi connectivity index (χ3v) is 8.08. The number of aliphatic hydroxyl groups is 2. The van der Waals surface area contributed by atoms with Gasteiger partial charge >= 0.3 is 0 Å². The Bertz CT molecular complexity index is 1410. The van der Waals surface area contributed by atoms with Crippen molar-refractivity contribution in [2.45, 2.75) is 30.6 Å². The van der Waals surface area contributed by atoms with E-state index >= 15 is 0 Å². The molecule has 0 spiro atoms. The number of anilines is 1. The molecule has 0 bridgehead atoms. The molecular weight excluding hydrogens is 492 g/mol. The number of fused-ring (bicyclic) bond motifs is 2. The van der Waals surface area contributed by atoms with Gasteiger partial charge in [0, 0.05) is 25.4 Å². The molecule has 0 aliphatic heterocycles. The van der Waals surface area contributed by atoms with Gasteiger partial charge in [-0.3, -0.25) is 4.79 Å². The van der Waals surface area contributed by atoms with Crippen LogP contribution in [0.1, 0.15) is 29.5 Å². The Kier molecular flexibility index (Phi) is 5.86. The summed E-state index contributed by atoms with van der Waals surface area (Å²) in [5.74, 6) is 0.0334. The van der Waals surface area contributed by atoms with Crippen LogP contribution in [0.2, 0.25) is 5.28 Å². The van der Waals surface area contributed by atoms with Crippen molar-refractivity contribution in [3.05, 3.63) is 83.4 Å². The Morgan fingerprint density at radius 3 is 2.38 bits per heavy atom. The molecule has 4 N–H and O–H groups in total. The number of aromatic nitrogens is 4. The lowest BCUT2D eigenvalue weighted by atomic mass is 9.91. The average molecular weight is 519 g/mol. The van der Waals surface area contributed by atoms with E-state index in [0.717, 1.165) is 11.1 Å². The number of aliphatic hydroxyl groups excluding tert-OH is 2. The number of carbonyl (C=O) groups is 1. The van der Waals surface area contributed by atoms with Gasteiger partial charge in [-0.2, -0.15) is 9.97 Å². The van der Waals surface area contributed by atoms with Gasteiger partial charge in [-0.25, -0.2) is 4.98 Å². The molecule has 2 aliphatic carbocycles. The standard InChI is InChI=1S/C27H27ClN6O3/c1-29-25(37)27-12-18(27)20(21(35)22(27)36)34-14-31-19-23(32-26(28)33-24(19)34)30-13-17(15-8-4-2-5-9-15)16-10-6-3-7-11-16/h2-11,14,17-18,20-22,35-36H,12-13H2,1H3,(H,29,37)(H,30,32,33)/t18-,20+,21-,22-,27+/m0/s1. The summed E-state index contributed by atoms with van der Waals surface area (Å²) in [6.07, 6.45) is -0.257. The van der Waals surface area contributed by atoms with Crippen molar-refractivity contribution in [2.75, 3.05) is 18.9 Å². The summed E-state index contributed by atoms with van der Waals surface area (Å²) in [5.41, 5.74) is 2.26. The summed E-state index contributed by atoms with van der Waals surface area (Å²) in [6.45, 7) is 0.538. The smallest absolute Gasteiger partial charge is 0.229 e. The van der Waals surface area contributed by atoms with Gasteiger partial charge in [-0.15, -0.1) is 0 Å². The van der Waals surface area contributed by atoms with Crippen molar-refractivity contribution in [1.82, 2.24) is 24.8 Å². The summed E-state index contributed by atoms with van der Waals surface area (Å²) >= 11 is 6.34. The Morgan fingerprint density at radius 2 is 1.76 bits per heavy atom. The molecule has 1 amide bonds. The molecule has 10 heteroatoms. The van der Waals surface area contributed by atoms with E-state index < -0.39 is 23.7 Å². The van der Waals surface area contributed by atoms with Gasteiger partial charge in [-0.1, -0.05) is 60.7 Å². The molecule has 2 saturated carbocycles. The first-order chi connectivity index (χ1) is 18.0. The minimum atomic E-state index is -1.17. The maximum absolute atomic E-state index is 12.5. The maximum Gasteiger partial charge on any atom is 0.229 e. The fraction of sp³-hybridized carbons (Fsp3) is 0.333. The lowest BCUT2D eigenvalue weighted by Crippen LogP contribution is -2.41. The van der Waals surface area contributed by atoms with Crippen molar-refractivity contribution in [1.29, 1.82) is 0 Å². The first-order valence-corrected chi connectivity index (χ1v) is 12.7. The van der Waals surface area contributed by atoms with Crippen LogP contribution in [-0.4, -0.2) is 61.4 Å². The molecule has 0 radical (unpaired) electrons. The number of amides is 1. The minimum Gasteiger partial charge on any atom is -0.389 e. The Balaban J connectivity index is 1.33. The molecule has 0 unspecified atom stereocenters. The van der Waals surface area contributed by atoms with Crippen LogP contribution in [0.4, 0.5) is 5.82 Å². The highest BCUT2D eigenvalue weighted by Crippen LogP contribution is 2.67. The van der Waals surface area contributed by atoms with Crippen LogP contribution in [-0.2, 0) is 4.79 Å². The van der Waals surface area contributed by atoms with Crippen molar-refractivity contribution < 1.29 is 15.0 Å². The zero-order valence-corrected chi connectivity index (χ0v) is 20.9. The van der Waals surface area contributed by atoms with Crippen molar-refractivity contribution in [3.63, 3.8) is 0 Å². The van der Waals surface area contributed by atoms with Crippen LogP contribution in [0, 0.1) is 11.3 Å². The highest BCUT2D eigenvalue weighted by atomic mass is 35.5. The lowest BCUT2D eigenvalue weighted by Gasteiger charge is -2.23. The second kappa shape index (κ2) is 9.09. The highest BCUT2D eigenvalue weighted by Gasteiger charge is 2.75. The van der Waals surface area contributed by atoms with E-state index in [9.17, 15) is 15.0 Å². The van der Waals surface area contributed by atoms with E-state index in [1.54, 1.807) is 10.9 Å². The first-order valence-electron chi connectivity index (χ1n) is 12.3. The SMILES string of the molecule is CNC(=O)[C@]12C[C@H]1[C@@H](n1cnc3c(NCC(c4ccccc4)c4ccccc4)nc(Cl)nc31)[C@H](O)[C@@H]2O. The summed E-state index contributed by atoms with van der Waals surface area (Å²) in [4.78, 5) is 25.9. The van der Waals surface area contributed by atoms with Crippen LogP contribution in [0.3, 0.4) is 0 Å². The van der Waals surface area contributed by atoms with Crippen LogP contribution < -0.4 is 10.6 Å².